The molecular formula is C13H28N2O. The molecule has 0 amide bonds. The van der Waals surface area contributed by atoms with Gasteiger partial charge in [-0.15, -0.1) is 0 Å². The minimum atomic E-state index is 0.171. The topological polar surface area (TPSA) is 38.5 Å². The molecule has 1 unspecified atom stereocenters. The molecule has 3 nitrogen and oxygen atoms in total. The fraction of sp³-hybridized carbons (Fsp3) is 1.00. The van der Waals surface area contributed by atoms with E-state index in [2.05, 4.69) is 25.8 Å². The molecule has 1 aliphatic carbocycles. The SMILES string of the molecule is CCOCCN(C)C1(CN)CCCC1(C)C. The minimum absolute atomic E-state index is 0.171. The zero-order chi connectivity index (χ0) is 12.2. The summed E-state index contributed by atoms with van der Waals surface area (Å²) >= 11 is 0. The molecule has 1 atom stereocenters. The Balaban J connectivity index is 2.64. The van der Waals surface area contributed by atoms with Crippen LogP contribution in [0.15, 0.2) is 0 Å². The Morgan fingerprint density at radius 2 is 2.00 bits per heavy atom. The Labute approximate surface area is 100 Å². The van der Waals surface area contributed by atoms with Crippen molar-refractivity contribution in [2.24, 2.45) is 11.1 Å². The first-order valence-corrected chi connectivity index (χ1v) is 6.49. The highest BCUT2D eigenvalue weighted by atomic mass is 16.5. The smallest absolute Gasteiger partial charge is 0.0593 e. The molecule has 3 heteroatoms. The van der Waals surface area contributed by atoms with Gasteiger partial charge in [-0.25, -0.2) is 0 Å². The van der Waals surface area contributed by atoms with Crippen LogP contribution in [0.1, 0.15) is 40.0 Å². The summed E-state index contributed by atoms with van der Waals surface area (Å²) < 4.78 is 5.44. The normalized spacial score (nSPS) is 28.9. The second kappa shape index (κ2) is 5.48. The van der Waals surface area contributed by atoms with E-state index < -0.39 is 0 Å². The molecule has 16 heavy (non-hydrogen) atoms. The largest absolute Gasteiger partial charge is 0.380 e. The maximum atomic E-state index is 6.07. The van der Waals surface area contributed by atoms with Gasteiger partial charge >= 0.3 is 0 Å². The predicted molar refractivity (Wildman–Crippen MR) is 68.5 cm³/mol. The molecule has 0 aliphatic heterocycles. The van der Waals surface area contributed by atoms with Crippen LogP contribution >= 0.6 is 0 Å². The average molecular weight is 228 g/mol. The first-order valence-electron chi connectivity index (χ1n) is 6.49. The molecule has 96 valence electrons. The molecule has 0 aromatic rings. The third-order valence-corrected chi connectivity index (χ3v) is 4.50. The van der Waals surface area contributed by atoms with Gasteiger partial charge in [0.1, 0.15) is 0 Å². The van der Waals surface area contributed by atoms with E-state index >= 15 is 0 Å². The zero-order valence-corrected chi connectivity index (χ0v) is 11.4. The second-order valence-electron chi connectivity index (χ2n) is 5.59. The fourth-order valence-electron chi connectivity index (χ4n) is 3.20. The van der Waals surface area contributed by atoms with Crippen molar-refractivity contribution in [3.63, 3.8) is 0 Å². The van der Waals surface area contributed by atoms with Crippen LogP contribution < -0.4 is 5.73 Å². The van der Waals surface area contributed by atoms with Gasteiger partial charge in [-0.3, -0.25) is 4.90 Å². The van der Waals surface area contributed by atoms with Gasteiger partial charge in [-0.1, -0.05) is 20.3 Å². The number of likely N-dealkylation sites (N-methyl/N-ethyl adjacent to an activating group) is 1. The fourth-order valence-corrected chi connectivity index (χ4v) is 3.20. The van der Waals surface area contributed by atoms with Crippen LogP contribution in [-0.2, 0) is 4.74 Å². The van der Waals surface area contributed by atoms with Crippen LogP contribution in [0.5, 0.6) is 0 Å². The summed E-state index contributed by atoms with van der Waals surface area (Å²) in [4.78, 5) is 2.43. The first-order chi connectivity index (χ1) is 7.50. The maximum Gasteiger partial charge on any atom is 0.0593 e. The quantitative estimate of drug-likeness (QED) is 0.705. The Morgan fingerprint density at radius 1 is 1.31 bits per heavy atom. The van der Waals surface area contributed by atoms with Gasteiger partial charge in [0, 0.05) is 25.2 Å². The number of nitrogens with zero attached hydrogens (tertiary/aromatic N) is 1. The predicted octanol–water partition coefficient (Wildman–Crippen LogP) is 1.86. The van der Waals surface area contributed by atoms with Crippen molar-refractivity contribution < 1.29 is 4.74 Å². The zero-order valence-electron chi connectivity index (χ0n) is 11.4. The summed E-state index contributed by atoms with van der Waals surface area (Å²) in [5.74, 6) is 0. The molecule has 0 heterocycles. The molecule has 0 spiro atoms. The van der Waals surface area contributed by atoms with Crippen molar-refractivity contribution in [3.8, 4) is 0 Å². The van der Waals surface area contributed by atoms with Crippen molar-refractivity contribution in [2.45, 2.75) is 45.6 Å². The third-order valence-electron chi connectivity index (χ3n) is 4.50. The number of ether oxygens (including phenoxy) is 1. The summed E-state index contributed by atoms with van der Waals surface area (Å²) in [6, 6.07) is 0. The first kappa shape index (κ1) is 13.9. The van der Waals surface area contributed by atoms with E-state index in [1.54, 1.807) is 0 Å². The molecular weight excluding hydrogens is 200 g/mol. The highest BCUT2D eigenvalue weighted by Gasteiger charge is 2.50. The van der Waals surface area contributed by atoms with Crippen molar-refractivity contribution in [2.75, 3.05) is 33.4 Å². The number of hydrogen-bond donors (Lipinski definition) is 1. The highest BCUT2D eigenvalue weighted by Crippen LogP contribution is 2.48. The van der Waals surface area contributed by atoms with E-state index in [-0.39, 0.29) is 5.54 Å². The standard InChI is InChI=1S/C13H28N2O/c1-5-16-10-9-15(4)13(11-14)8-6-7-12(13,2)3/h5-11,14H2,1-4H3. The van der Waals surface area contributed by atoms with Gasteiger partial charge < -0.3 is 10.5 Å². The Hall–Kier alpha value is -0.120. The van der Waals surface area contributed by atoms with Crippen molar-refractivity contribution >= 4 is 0 Å². The van der Waals surface area contributed by atoms with Crippen LogP contribution in [0, 0.1) is 5.41 Å². The van der Waals surface area contributed by atoms with Gasteiger partial charge in [-0.2, -0.15) is 0 Å². The monoisotopic (exact) mass is 228 g/mol. The van der Waals surface area contributed by atoms with Gasteiger partial charge in [0.05, 0.1) is 6.61 Å². The van der Waals surface area contributed by atoms with Crippen LogP contribution in [0.4, 0.5) is 0 Å². The third kappa shape index (κ3) is 2.41. The average Bonchev–Trinajstić information content (AvgIpc) is 2.54. The molecule has 1 aliphatic rings. The van der Waals surface area contributed by atoms with Gasteiger partial charge in [0.2, 0.25) is 0 Å². The molecule has 0 aromatic carbocycles. The lowest BCUT2D eigenvalue weighted by atomic mass is 9.74. The molecule has 0 radical (unpaired) electrons. The summed E-state index contributed by atoms with van der Waals surface area (Å²) in [7, 11) is 2.19. The second-order valence-corrected chi connectivity index (χ2v) is 5.59. The van der Waals surface area contributed by atoms with Gasteiger partial charge in [-0.05, 0) is 32.2 Å². The maximum absolute atomic E-state index is 6.07. The summed E-state index contributed by atoms with van der Waals surface area (Å²) in [5, 5.41) is 0. The Bertz CT molecular complexity index is 218. The molecule has 1 saturated carbocycles. The van der Waals surface area contributed by atoms with Crippen molar-refractivity contribution in [3.05, 3.63) is 0 Å². The van der Waals surface area contributed by atoms with E-state index in [0.29, 0.717) is 5.41 Å². The summed E-state index contributed by atoms with van der Waals surface area (Å²) in [6.45, 7) is 10.1. The Kier molecular flexibility index (Phi) is 4.77. The molecule has 0 saturated heterocycles. The van der Waals surface area contributed by atoms with Crippen LogP contribution in [0.2, 0.25) is 0 Å². The Morgan fingerprint density at radius 3 is 2.44 bits per heavy atom. The van der Waals surface area contributed by atoms with E-state index in [4.69, 9.17) is 10.5 Å². The molecule has 2 N–H and O–H groups in total. The molecule has 1 fully saturated rings. The summed E-state index contributed by atoms with van der Waals surface area (Å²) in [6.07, 6.45) is 3.80. The van der Waals surface area contributed by atoms with E-state index in [0.717, 1.165) is 26.3 Å². The molecule has 1 rings (SSSR count). The van der Waals surface area contributed by atoms with Crippen LogP contribution in [0.3, 0.4) is 0 Å². The number of nitrogens with two attached hydrogens (primary N) is 1. The van der Waals surface area contributed by atoms with E-state index in [1.165, 1.54) is 19.3 Å². The number of hydrogen-bond acceptors (Lipinski definition) is 3. The lowest BCUT2D eigenvalue weighted by Gasteiger charge is -2.47. The van der Waals surface area contributed by atoms with Gasteiger partial charge in [0.25, 0.3) is 0 Å². The van der Waals surface area contributed by atoms with Crippen molar-refractivity contribution in [1.29, 1.82) is 0 Å². The van der Waals surface area contributed by atoms with Crippen molar-refractivity contribution in [1.82, 2.24) is 4.90 Å². The van der Waals surface area contributed by atoms with Gasteiger partial charge in [0.15, 0.2) is 0 Å². The lowest BCUT2D eigenvalue weighted by molar-refractivity contribution is 0.0110. The molecule has 0 aromatic heterocycles. The highest BCUT2D eigenvalue weighted by molar-refractivity contribution is 5.06. The van der Waals surface area contributed by atoms with E-state index in [9.17, 15) is 0 Å². The van der Waals surface area contributed by atoms with Crippen LogP contribution in [-0.4, -0.2) is 43.8 Å². The number of rotatable bonds is 6. The molecule has 0 bridgehead atoms. The lowest BCUT2D eigenvalue weighted by Crippen LogP contribution is -2.59. The van der Waals surface area contributed by atoms with E-state index in [1.807, 2.05) is 6.92 Å². The van der Waals surface area contributed by atoms with Crippen LogP contribution in [0.25, 0.3) is 0 Å². The minimum Gasteiger partial charge on any atom is -0.380 e. The summed E-state index contributed by atoms with van der Waals surface area (Å²) in [5.41, 5.74) is 6.56.